The summed E-state index contributed by atoms with van der Waals surface area (Å²) in [6.45, 7) is 4.16. The van der Waals surface area contributed by atoms with E-state index in [2.05, 4.69) is 4.98 Å². The van der Waals surface area contributed by atoms with E-state index in [1.807, 2.05) is 19.2 Å². The SMILES string of the molecule is Cc1nc(COc2ccc(C(=O)N(C)[C@H](C)c3cccc([N+](=O)[O-])c3)cc2)cs1. The number of carbonyl (C=O) groups excluding carboxylic acids is 1. The molecule has 3 rings (SSSR count). The summed E-state index contributed by atoms with van der Waals surface area (Å²) in [4.78, 5) is 29.3. The summed E-state index contributed by atoms with van der Waals surface area (Å²) in [6.07, 6.45) is 0. The summed E-state index contributed by atoms with van der Waals surface area (Å²) in [5, 5.41) is 13.9. The minimum atomic E-state index is -0.441. The van der Waals surface area contributed by atoms with Crippen molar-refractivity contribution in [3.8, 4) is 5.75 Å². The molecular weight excluding hydrogens is 390 g/mol. The van der Waals surface area contributed by atoms with Crippen LogP contribution in [0.25, 0.3) is 0 Å². The van der Waals surface area contributed by atoms with Crippen LogP contribution in [0.2, 0.25) is 0 Å². The van der Waals surface area contributed by atoms with Crippen LogP contribution in [0.5, 0.6) is 5.75 Å². The number of aromatic nitrogens is 1. The van der Waals surface area contributed by atoms with Gasteiger partial charge in [-0.3, -0.25) is 14.9 Å². The number of nitro benzene ring substituents is 1. The Morgan fingerprint density at radius 1 is 1.28 bits per heavy atom. The summed E-state index contributed by atoms with van der Waals surface area (Å²) >= 11 is 1.57. The number of benzene rings is 2. The molecule has 7 nitrogen and oxygen atoms in total. The maximum atomic E-state index is 12.8. The predicted octanol–water partition coefficient (Wildman–Crippen LogP) is 4.77. The fourth-order valence-corrected chi connectivity index (χ4v) is 3.42. The molecule has 1 heterocycles. The number of nitro groups is 1. The third-order valence-corrected chi connectivity index (χ3v) is 5.44. The van der Waals surface area contributed by atoms with Crippen LogP contribution in [0.1, 0.15) is 39.6 Å². The van der Waals surface area contributed by atoms with Gasteiger partial charge in [-0.25, -0.2) is 4.98 Å². The number of ether oxygens (including phenoxy) is 1. The van der Waals surface area contributed by atoms with E-state index in [1.165, 1.54) is 12.1 Å². The summed E-state index contributed by atoms with van der Waals surface area (Å²) in [5.74, 6) is 0.479. The van der Waals surface area contributed by atoms with Crippen molar-refractivity contribution in [3.05, 3.63) is 85.9 Å². The van der Waals surface area contributed by atoms with Gasteiger partial charge in [0.1, 0.15) is 12.4 Å². The molecule has 0 saturated heterocycles. The largest absolute Gasteiger partial charge is 0.487 e. The smallest absolute Gasteiger partial charge is 0.269 e. The summed E-state index contributed by atoms with van der Waals surface area (Å²) in [6, 6.07) is 12.9. The summed E-state index contributed by atoms with van der Waals surface area (Å²) in [7, 11) is 1.68. The van der Waals surface area contributed by atoms with Gasteiger partial charge in [0.05, 0.1) is 21.7 Å². The molecule has 0 fully saturated rings. The Bertz CT molecular complexity index is 1020. The van der Waals surface area contributed by atoms with E-state index in [9.17, 15) is 14.9 Å². The second kappa shape index (κ2) is 8.83. The van der Waals surface area contributed by atoms with E-state index in [0.29, 0.717) is 23.5 Å². The third-order valence-electron chi connectivity index (χ3n) is 4.62. The number of thiazole rings is 1. The van der Waals surface area contributed by atoms with Crippen molar-refractivity contribution in [3.63, 3.8) is 0 Å². The number of non-ortho nitro benzene ring substituents is 1. The van der Waals surface area contributed by atoms with Crippen LogP contribution in [0.3, 0.4) is 0 Å². The summed E-state index contributed by atoms with van der Waals surface area (Å²) < 4.78 is 5.71. The number of amides is 1. The van der Waals surface area contributed by atoms with Crippen LogP contribution < -0.4 is 4.74 Å². The van der Waals surface area contributed by atoms with Crippen LogP contribution in [0.15, 0.2) is 53.9 Å². The van der Waals surface area contributed by atoms with Gasteiger partial charge in [-0.15, -0.1) is 11.3 Å². The first kappa shape index (κ1) is 20.5. The van der Waals surface area contributed by atoms with E-state index in [4.69, 9.17) is 4.74 Å². The zero-order valence-corrected chi connectivity index (χ0v) is 17.2. The van der Waals surface area contributed by atoms with Crippen LogP contribution in [-0.2, 0) is 6.61 Å². The van der Waals surface area contributed by atoms with Gasteiger partial charge in [-0.1, -0.05) is 12.1 Å². The van der Waals surface area contributed by atoms with Crippen molar-refractivity contribution < 1.29 is 14.5 Å². The number of hydrogen-bond acceptors (Lipinski definition) is 6. The standard InChI is InChI=1S/C21H21N3O4S/c1-14(17-5-4-6-19(11-17)24(26)27)23(3)21(25)16-7-9-20(10-8-16)28-12-18-13-29-15(2)22-18/h4-11,13-14H,12H2,1-3H3/t14-/m1/s1. The van der Waals surface area contributed by atoms with Crippen molar-refractivity contribution in [2.24, 2.45) is 0 Å². The molecule has 2 aromatic carbocycles. The van der Waals surface area contributed by atoms with Crippen molar-refractivity contribution in [1.29, 1.82) is 0 Å². The zero-order chi connectivity index (χ0) is 21.0. The lowest BCUT2D eigenvalue weighted by atomic mass is 10.1. The minimum absolute atomic E-state index is 0.00649. The Labute approximate surface area is 172 Å². The Balaban J connectivity index is 1.65. The second-order valence-corrected chi connectivity index (χ2v) is 7.68. The maximum absolute atomic E-state index is 12.8. The highest BCUT2D eigenvalue weighted by Gasteiger charge is 2.20. The number of hydrogen-bond donors (Lipinski definition) is 0. The fourth-order valence-electron chi connectivity index (χ4n) is 2.83. The van der Waals surface area contributed by atoms with Crippen LogP contribution >= 0.6 is 11.3 Å². The van der Waals surface area contributed by atoms with Crippen molar-refractivity contribution in [2.75, 3.05) is 7.05 Å². The van der Waals surface area contributed by atoms with Crippen molar-refractivity contribution in [2.45, 2.75) is 26.5 Å². The Kier molecular flexibility index (Phi) is 6.23. The quantitative estimate of drug-likeness (QED) is 0.413. The van der Waals surface area contributed by atoms with E-state index in [0.717, 1.165) is 10.7 Å². The van der Waals surface area contributed by atoms with Crippen LogP contribution in [0, 0.1) is 17.0 Å². The molecule has 0 aliphatic carbocycles. The number of aryl methyl sites for hydroxylation is 1. The molecule has 1 aromatic heterocycles. The molecule has 0 radical (unpaired) electrons. The van der Waals surface area contributed by atoms with E-state index >= 15 is 0 Å². The lowest BCUT2D eigenvalue weighted by Crippen LogP contribution is -2.29. The molecule has 0 aliphatic rings. The van der Waals surface area contributed by atoms with E-state index < -0.39 is 4.92 Å². The normalized spacial score (nSPS) is 11.7. The molecule has 1 amide bonds. The van der Waals surface area contributed by atoms with Gasteiger partial charge in [0.2, 0.25) is 0 Å². The number of rotatable bonds is 7. The lowest BCUT2D eigenvalue weighted by Gasteiger charge is -2.25. The number of carbonyl (C=O) groups is 1. The molecule has 1 atom stereocenters. The Morgan fingerprint density at radius 2 is 2.00 bits per heavy atom. The second-order valence-electron chi connectivity index (χ2n) is 6.62. The average Bonchev–Trinajstić information content (AvgIpc) is 3.16. The molecule has 0 aliphatic heterocycles. The van der Waals surface area contributed by atoms with Gasteiger partial charge in [-0.05, 0) is 43.7 Å². The monoisotopic (exact) mass is 411 g/mol. The molecule has 8 heteroatoms. The fraction of sp³-hybridized carbons (Fsp3) is 0.238. The molecule has 0 N–H and O–H groups in total. The van der Waals surface area contributed by atoms with Gasteiger partial charge in [0, 0.05) is 30.1 Å². The molecule has 0 bridgehead atoms. The van der Waals surface area contributed by atoms with E-state index in [1.54, 1.807) is 59.7 Å². The average molecular weight is 411 g/mol. The van der Waals surface area contributed by atoms with Gasteiger partial charge >= 0.3 is 0 Å². The van der Waals surface area contributed by atoms with E-state index in [-0.39, 0.29) is 17.6 Å². The van der Waals surface area contributed by atoms with Crippen molar-refractivity contribution >= 4 is 22.9 Å². The molecule has 150 valence electrons. The highest BCUT2D eigenvalue weighted by Crippen LogP contribution is 2.25. The highest BCUT2D eigenvalue weighted by atomic mass is 32.1. The lowest BCUT2D eigenvalue weighted by molar-refractivity contribution is -0.384. The minimum Gasteiger partial charge on any atom is -0.487 e. The first-order valence-corrected chi connectivity index (χ1v) is 9.88. The first-order chi connectivity index (χ1) is 13.8. The topological polar surface area (TPSA) is 85.6 Å². The van der Waals surface area contributed by atoms with Gasteiger partial charge < -0.3 is 9.64 Å². The molecule has 0 saturated carbocycles. The van der Waals surface area contributed by atoms with Crippen molar-refractivity contribution in [1.82, 2.24) is 9.88 Å². The first-order valence-electron chi connectivity index (χ1n) is 9.00. The van der Waals surface area contributed by atoms with Gasteiger partial charge in [-0.2, -0.15) is 0 Å². The van der Waals surface area contributed by atoms with Crippen LogP contribution in [0.4, 0.5) is 5.69 Å². The third kappa shape index (κ3) is 4.97. The maximum Gasteiger partial charge on any atom is 0.269 e. The highest BCUT2D eigenvalue weighted by molar-refractivity contribution is 7.09. The number of nitrogens with zero attached hydrogens (tertiary/aromatic N) is 3. The van der Waals surface area contributed by atoms with Crippen LogP contribution in [-0.4, -0.2) is 27.8 Å². The molecular formula is C21H21N3O4S. The predicted molar refractivity (Wildman–Crippen MR) is 111 cm³/mol. The Hall–Kier alpha value is -3.26. The van der Waals surface area contributed by atoms with Gasteiger partial charge in [0.25, 0.3) is 11.6 Å². The Morgan fingerprint density at radius 3 is 2.62 bits per heavy atom. The molecule has 29 heavy (non-hydrogen) atoms. The molecule has 0 unspecified atom stereocenters. The van der Waals surface area contributed by atoms with Gasteiger partial charge in [0.15, 0.2) is 0 Å². The zero-order valence-electron chi connectivity index (χ0n) is 16.4. The summed E-state index contributed by atoms with van der Waals surface area (Å²) in [5.41, 5.74) is 2.10. The molecule has 3 aromatic rings. The molecule has 0 spiro atoms.